The molecule has 0 aliphatic heterocycles. The van der Waals surface area contributed by atoms with Crippen LogP contribution in [-0.2, 0) is 6.54 Å². The van der Waals surface area contributed by atoms with Crippen LogP contribution in [0, 0.1) is 5.41 Å². The average molecular weight is 284 g/mol. The number of fused-ring (bicyclic) bond motifs is 1. The standard InChI is InChI=1S/C12H14ClN3O3/c1-4-16-11(14)8-9(15-12(16)17)6(13)5-7(18-2)10(8)19-3/h5,14H,4H2,1-3H3,(H,15,17). The smallest absolute Gasteiger partial charge is 0.327 e. The number of halogens is 1. The van der Waals surface area contributed by atoms with Crippen molar-refractivity contribution >= 4 is 22.5 Å². The number of methoxy groups -OCH3 is 2. The van der Waals surface area contributed by atoms with Crippen molar-refractivity contribution in [1.29, 1.82) is 5.41 Å². The summed E-state index contributed by atoms with van der Waals surface area (Å²) >= 11 is 6.11. The van der Waals surface area contributed by atoms with Gasteiger partial charge in [-0.1, -0.05) is 11.6 Å². The summed E-state index contributed by atoms with van der Waals surface area (Å²) in [6.07, 6.45) is 0. The van der Waals surface area contributed by atoms with E-state index in [4.69, 9.17) is 26.5 Å². The molecule has 0 fully saturated rings. The van der Waals surface area contributed by atoms with Crippen molar-refractivity contribution in [2.45, 2.75) is 13.5 Å². The Balaban J connectivity index is 3.09. The Hall–Kier alpha value is -1.95. The molecular weight excluding hydrogens is 270 g/mol. The van der Waals surface area contributed by atoms with E-state index in [1.165, 1.54) is 18.8 Å². The number of benzene rings is 1. The van der Waals surface area contributed by atoms with Crippen LogP contribution in [0.3, 0.4) is 0 Å². The highest BCUT2D eigenvalue weighted by Crippen LogP contribution is 2.36. The minimum atomic E-state index is -0.380. The lowest BCUT2D eigenvalue weighted by molar-refractivity contribution is 0.358. The Labute approximate surface area is 114 Å². The predicted octanol–water partition coefficient (Wildman–Crippen LogP) is 1.50. The van der Waals surface area contributed by atoms with E-state index >= 15 is 0 Å². The molecule has 6 nitrogen and oxygen atoms in total. The van der Waals surface area contributed by atoms with Gasteiger partial charge >= 0.3 is 5.69 Å². The van der Waals surface area contributed by atoms with Gasteiger partial charge in [-0.3, -0.25) is 9.98 Å². The fraction of sp³-hybridized carbons (Fsp3) is 0.333. The van der Waals surface area contributed by atoms with Crippen LogP contribution in [0.1, 0.15) is 6.92 Å². The third-order valence-corrected chi connectivity index (χ3v) is 3.22. The fourth-order valence-electron chi connectivity index (χ4n) is 2.02. The van der Waals surface area contributed by atoms with E-state index in [2.05, 4.69) is 4.98 Å². The van der Waals surface area contributed by atoms with E-state index in [0.29, 0.717) is 34.0 Å². The number of nitrogens with one attached hydrogen (secondary N) is 2. The number of aromatic amines is 1. The summed E-state index contributed by atoms with van der Waals surface area (Å²) in [5.41, 5.74) is 0.0343. The van der Waals surface area contributed by atoms with Gasteiger partial charge < -0.3 is 14.5 Å². The van der Waals surface area contributed by atoms with Gasteiger partial charge in [0, 0.05) is 12.6 Å². The summed E-state index contributed by atoms with van der Waals surface area (Å²) in [5, 5.41) is 8.87. The second-order valence-electron chi connectivity index (χ2n) is 3.87. The minimum Gasteiger partial charge on any atom is -0.493 e. The van der Waals surface area contributed by atoms with E-state index in [-0.39, 0.29) is 11.2 Å². The molecule has 1 aromatic carbocycles. The quantitative estimate of drug-likeness (QED) is 0.896. The van der Waals surface area contributed by atoms with Gasteiger partial charge in [0.2, 0.25) is 0 Å². The summed E-state index contributed by atoms with van der Waals surface area (Å²) in [4.78, 5) is 14.5. The van der Waals surface area contributed by atoms with Crippen LogP contribution in [0.25, 0.3) is 10.9 Å². The second kappa shape index (κ2) is 4.97. The molecule has 0 saturated carbocycles. The highest BCUT2D eigenvalue weighted by Gasteiger charge is 2.17. The molecule has 2 rings (SSSR count). The molecule has 0 radical (unpaired) electrons. The molecule has 0 aliphatic rings. The molecule has 0 atom stereocenters. The SMILES string of the molecule is CCn1c(=O)[nH]c2c(Cl)cc(OC)c(OC)c2c1=N. The summed E-state index contributed by atoms with van der Waals surface area (Å²) in [6, 6.07) is 1.55. The monoisotopic (exact) mass is 283 g/mol. The Morgan fingerprint density at radius 1 is 1.42 bits per heavy atom. The van der Waals surface area contributed by atoms with Gasteiger partial charge in [0.25, 0.3) is 0 Å². The van der Waals surface area contributed by atoms with Crippen LogP contribution in [0.15, 0.2) is 10.9 Å². The molecule has 0 bridgehead atoms. The first-order valence-electron chi connectivity index (χ1n) is 5.67. The van der Waals surface area contributed by atoms with Gasteiger partial charge in [0.1, 0.15) is 5.49 Å². The molecule has 0 aliphatic carbocycles. The Kier molecular flexibility index (Phi) is 3.53. The molecule has 102 valence electrons. The van der Waals surface area contributed by atoms with Crippen molar-refractivity contribution in [3.05, 3.63) is 27.1 Å². The van der Waals surface area contributed by atoms with Crippen molar-refractivity contribution in [3.63, 3.8) is 0 Å². The van der Waals surface area contributed by atoms with E-state index < -0.39 is 0 Å². The molecule has 0 amide bonds. The van der Waals surface area contributed by atoms with Crippen molar-refractivity contribution in [2.24, 2.45) is 0 Å². The zero-order valence-electron chi connectivity index (χ0n) is 10.8. The van der Waals surface area contributed by atoms with Crippen molar-refractivity contribution in [2.75, 3.05) is 14.2 Å². The normalized spacial score (nSPS) is 10.7. The van der Waals surface area contributed by atoms with E-state index in [0.717, 1.165) is 0 Å². The van der Waals surface area contributed by atoms with Crippen LogP contribution in [-0.4, -0.2) is 23.8 Å². The van der Waals surface area contributed by atoms with E-state index in [1.807, 2.05) is 0 Å². The van der Waals surface area contributed by atoms with Gasteiger partial charge in [-0.05, 0) is 6.92 Å². The lowest BCUT2D eigenvalue weighted by atomic mass is 10.2. The number of hydrogen-bond donors (Lipinski definition) is 2. The molecule has 7 heteroatoms. The van der Waals surface area contributed by atoms with Crippen molar-refractivity contribution in [3.8, 4) is 11.5 Å². The highest BCUT2D eigenvalue weighted by molar-refractivity contribution is 6.35. The zero-order chi connectivity index (χ0) is 14.2. The van der Waals surface area contributed by atoms with Crippen LogP contribution in [0.4, 0.5) is 0 Å². The van der Waals surface area contributed by atoms with E-state index in [9.17, 15) is 4.79 Å². The topological polar surface area (TPSA) is 80.1 Å². The molecule has 0 saturated heterocycles. The number of hydrogen-bond acceptors (Lipinski definition) is 4. The molecule has 0 spiro atoms. The number of H-pyrrole nitrogens is 1. The van der Waals surface area contributed by atoms with Gasteiger partial charge in [-0.2, -0.15) is 0 Å². The van der Waals surface area contributed by atoms with Gasteiger partial charge in [0.05, 0.1) is 30.1 Å². The maximum atomic E-state index is 11.8. The largest absolute Gasteiger partial charge is 0.493 e. The maximum absolute atomic E-state index is 11.8. The molecule has 1 heterocycles. The molecule has 0 unspecified atom stereocenters. The summed E-state index contributed by atoms with van der Waals surface area (Å²) in [7, 11) is 2.97. The molecule has 2 aromatic rings. The summed E-state index contributed by atoms with van der Waals surface area (Å²) in [5.74, 6) is 0.800. The first-order valence-corrected chi connectivity index (χ1v) is 6.04. The van der Waals surface area contributed by atoms with Crippen LogP contribution >= 0.6 is 11.6 Å². The number of nitrogens with zero attached hydrogens (tertiary/aromatic N) is 1. The molecule has 2 N–H and O–H groups in total. The highest BCUT2D eigenvalue weighted by atomic mass is 35.5. The van der Waals surface area contributed by atoms with Gasteiger partial charge in [-0.15, -0.1) is 0 Å². The minimum absolute atomic E-state index is 0.0406. The van der Waals surface area contributed by atoms with Crippen molar-refractivity contribution in [1.82, 2.24) is 9.55 Å². The molecular formula is C12H14ClN3O3. The lowest BCUT2D eigenvalue weighted by Gasteiger charge is -2.13. The van der Waals surface area contributed by atoms with Crippen LogP contribution < -0.4 is 20.7 Å². The average Bonchev–Trinajstić information content (AvgIpc) is 2.39. The Bertz CT molecular complexity index is 748. The summed E-state index contributed by atoms with van der Waals surface area (Å²) < 4.78 is 11.8. The third-order valence-electron chi connectivity index (χ3n) is 2.92. The Morgan fingerprint density at radius 2 is 2.11 bits per heavy atom. The third kappa shape index (κ3) is 1.98. The van der Waals surface area contributed by atoms with Gasteiger partial charge in [0.15, 0.2) is 11.5 Å². The fourth-order valence-corrected chi connectivity index (χ4v) is 2.26. The van der Waals surface area contributed by atoms with E-state index in [1.54, 1.807) is 13.0 Å². The number of aromatic nitrogens is 2. The second-order valence-corrected chi connectivity index (χ2v) is 4.27. The molecule has 19 heavy (non-hydrogen) atoms. The first-order chi connectivity index (χ1) is 9.04. The number of rotatable bonds is 3. The van der Waals surface area contributed by atoms with Crippen LogP contribution in [0.2, 0.25) is 5.02 Å². The predicted molar refractivity (Wildman–Crippen MR) is 72.2 cm³/mol. The molecule has 1 aromatic heterocycles. The van der Waals surface area contributed by atoms with Gasteiger partial charge in [-0.25, -0.2) is 4.79 Å². The summed E-state index contributed by atoms with van der Waals surface area (Å²) in [6.45, 7) is 2.16. The number of ether oxygens (including phenoxy) is 2. The lowest BCUT2D eigenvalue weighted by Crippen LogP contribution is -2.34. The maximum Gasteiger partial charge on any atom is 0.327 e. The Morgan fingerprint density at radius 3 is 2.63 bits per heavy atom. The zero-order valence-corrected chi connectivity index (χ0v) is 11.6. The van der Waals surface area contributed by atoms with Crippen LogP contribution in [0.5, 0.6) is 11.5 Å². The van der Waals surface area contributed by atoms with Crippen molar-refractivity contribution < 1.29 is 9.47 Å². The first kappa shape index (κ1) is 13.5.